The molecule has 4 unspecified atom stereocenters. The third kappa shape index (κ3) is 4.93. The van der Waals surface area contributed by atoms with Crippen molar-refractivity contribution in [3.8, 4) is 0 Å². The fraction of sp³-hybridized carbons (Fsp3) is 0.500. The average molecular weight is 630 g/mol. The fourth-order valence-electron chi connectivity index (χ4n) is 2.96. The predicted octanol–water partition coefficient (Wildman–Crippen LogP) is 1.36. The number of fused-ring (bicyclic) bond motifs is 1. The number of imidazole rings is 1. The number of hydrogen-bond donors (Lipinski definition) is 0. The molecule has 1 fully saturated rings. The van der Waals surface area contributed by atoms with Crippen LogP contribution in [-0.2, 0) is 33.3 Å². The van der Waals surface area contributed by atoms with Crippen molar-refractivity contribution < 1.29 is 33.3 Å². The van der Waals surface area contributed by atoms with Gasteiger partial charge in [0.05, 0.1) is 6.33 Å². The van der Waals surface area contributed by atoms with Crippen LogP contribution in [0.25, 0.3) is 11.2 Å². The van der Waals surface area contributed by atoms with Crippen molar-refractivity contribution in [1.82, 2.24) is 19.5 Å². The minimum atomic E-state index is -1.00. The highest BCUT2D eigenvalue weighted by molar-refractivity contribution is 14.1. The summed E-state index contributed by atoms with van der Waals surface area (Å²) < 4.78 is 24.5. The van der Waals surface area contributed by atoms with Gasteiger partial charge in [-0.05, 0) is 22.6 Å². The second-order valence-corrected chi connectivity index (χ2v) is 8.11. The second kappa shape index (κ2) is 9.03. The molecule has 0 spiro atoms. The van der Waals surface area contributed by atoms with Crippen LogP contribution in [0.4, 0.5) is 0 Å². The van der Waals surface area contributed by atoms with Crippen LogP contribution in [0.2, 0.25) is 0 Å². The number of nitrogens with zero attached hydrogens (tertiary/aromatic N) is 4. The Morgan fingerprint density at radius 2 is 1.72 bits per heavy atom. The van der Waals surface area contributed by atoms with Crippen molar-refractivity contribution in [3.63, 3.8) is 0 Å². The van der Waals surface area contributed by atoms with E-state index in [0.29, 0.717) is 18.7 Å². The van der Waals surface area contributed by atoms with Gasteiger partial charge in [0.2, 0.25) is 0 Å². The zero-order valence-electron chi connectivity index (χ0n) is 15.5. The van der Waals surface area contributed by atoms with Gasteiger partial charge in [-0.15, -0.1) is 0 Å². The lowest BCUT2D eigenvalue weighted by Crippen LogP contribution is -2.40. The minimum absolute atomic E-state index is 0.182. The second-order valence-electron chi connectivity index (χ2n) is 6.12. The molecule has 4 atom stereocenters. The maximum absolute atomic E-state index is 11.7. The lowest BCUT2D eigenvalue weighted by Gasteiger charge is -2.23. The molecule has 0 bridgehead atoms. The molecule has 0 N–H and O–H groups in total. The fourth-order valence-corrected chi connectivity index (χ4v) is 4.50. The van der Waals surface area contributed by atoms with Crippen LogP contribution in [-0.4, -0.2) is 62.3 Å². The van der Waals surface area contributed by atoms with Crippen LogP contribution < -0.4 is 0 Å². The number of rotatable bonds is 5. The standard InChI is InChI=1S/C16H16I2N4O7/c1-6(23)26-4-9-11(27-7(2)24)12(28-8(3)25)15(29-9)22-5-19-10-13(17)20-16(18)21-14(10)22/h5,9,11-12,15H,4H2,1-3H3. The highest BCUT2D eigenvalue weighted by Gasteiger charge is 2.51. The highest BCUT2D eigenvalue weighted by Crippen LogP contribution is 2.36. The molecule has 13 heteroatoms. The van der Waals surface area contributed by atoms with Gasteiger partial charge in [-0.3, -0.25) is 19.0 Å². The van der Waals surface area contributed by atoms with Gasteiger partial charge in [0.25, 0.3) is 0 Å². The van der Waals surface area contributed by atoms with Crippen molar-refractivity contribution in [2.24, 2.45) is 0 Å². The molecule has 11 nitrogen and oxygen atoms in total. The Morgan fingerprint density at radius 1 is 1.07 bits per heavy atom. The van der Waals surface area contributed by atoms with Crippen LogP contribution >= 0.6 is 45.2 Å². The molecule has 1 saturated heterocycles. The maximum atomic E-state index is 11.7. The molecular weight excluding hydrogens is 614 g/mol. The van der Waals surface area contributed by atoms with E-state index in [1.807, 2.05) is 45.2 Å². The quantitative estimate of drug-likeness (QED) is 0.157. The van der Waals surface area contributed by atoms with Gasteiger partial charge in [0, 0.05) is 43.4 Å². The van der Waals surface area contributed by atoms with Crippen LogP contribution in [0.5, 0.6) is 0 Å². The van der Waals surface area contributed by atoms with E-state index in [1.54, 1.807) is 4.57 Å². The molecule has 0 radical (unpaired) electrons. The van der Waals surface area contributed by atoms with E-state index in [-0.39, 0.29) is 6.61 Å². The first-order valence-electron chi connectivity index (χ1n) is 8.36. The molecule has 0 saturated carbocycles. The highest BCUT2D eigenvalue weighted by atomic mass is 127. The molecule has 0 amide bonds. The Labute approximate surface area is 192 Å². The van der Waals surface area contributed by atoms with Crippen molar-refractivity contribution in [3.05, 3.63) is 13.9 Å². The van der Waals surface area contributed by atoms with E-state index in [2.05, 4.69) is 15.0 Å². The number of halogens is 2. The zero-order chi connectivity index (χ0) is 21.3. The Balaban J connectivity index is 2.04. The SMILES string of the molecule is CC(=O)OCC1OC(n2cnc3c(I)nc(I)nc32)C(OC(C)=O)C1OC(C)=O. The number of aromatic nitrogens is 4. The van der Waals surface area contributed by atoms with Crippen LogP contribution in [0.3, 0.4) is 0 Å². The van der Waals surface area contributed by atoms with E-state index < -0.39 is 42.4 Å². The Morgan fingerprint density at radius 3 is 2.34 bits per heavy atom. The van der Waals surface area contributed by atoms with Gasteiger partial charge >= 0.3 is 17.9 Å². The summed E-state index contributed by atoms with van der Waals surface area (Å²) in [5, 5.41) is 0. The summed E-state index contributed by atoms with van der Waals surface area (Å²) in [5.41, 5.74) is 1.01. The summed E-state index contributed by atoms with van der Waals surface area (Å²) in [6.45, 7) is 3.53. The van der Waals surface area contributed by atoms with Gasteiger partial charge in [-0.1, -0.05) is 0 Å². The Bertz CT molecular complexity index is 966. The van der Waals surface area contributed by atoms with E-state index >= 15 is 0 Å². The average Bonchev–Trinajstić information content (AvgIpc) is 3.15. The summed E-state index contributed by atoms with van der Waals surface area (Å²) in [6, 6.07) is 0. The molecule has 3 rings (SSSR count). The molecule has 0 aromatic carbocycles. The van der Waals surface area contributed by atoms with Gasteiger partial charge in [-0.25, -0.2) is 15.0 Å². The largest absolute Gasteiger partial charge is 0.463 e. The number of carbonyl (C=O) groups excluding carboxylic acids is 3. The lowest BCUT2D eigenvalue weighted by molar-refractivity contribution is -0.166. The zero-order valence-corrected chi connectivity index (χ0v) is 19.8. The minimum Gasteiger partial charge on any atom is -0.463 e. The molecule has 29 heavy (non-hydrogen) atoms. The van der Waals surface area contributed by atoms with Crippen LogP contribution in [0.15, 0.2) is 6.33 Å². The molecule has 3 heterocycles. The Kier molecular flexibility index (Phi) is 6.87. The van der Waals surface area contributed by atoms with E-state index in [0.717, 1.165) is 0 Å². The van der Waals surface area contributed by atoms with Crippen LogP contribution in [0.1, 0.15) is 27.0 Å². The monoisotopic (exact) mass is 630 g/mol. The first-order chi connectivity index (χ1) is 13.7. The first-order valence-corrected chi connectivity index (χ1v) is 10.5. The van der Waals surface area contributed by atoms with Crippen molar-refractivity contribution in [1.29, 1.82) is 0 Å². The molecule has 1 aliphatic rings. The Hall–Kier alpha value is -1.62. The summed E-state index contributed by atoms with van der Waals surface area (Å²) in [5.74, 6) is -1.70. The number of esters is 3. The van der Waals surface area contributed by atoms with Crippen LogP contribution in [0, 0.1) is 7.53 Å². The number of carbonyl (C=O) groups is 3. The van der Waals surface area contributed by atoms with Crippen molar-refractivity contribution in [2.45, 2.75) is 45.3 Å². The normalized spacial score (nSPS) is 23.8. The van der Waals surface area contributed by atoms with Gasteiger partial charge in [0.15, 0.2) is 27.9 Å². The third-order valence-electron chi connectivity index (χ3n) is 3.97. The molecule has 0 aliphatic carbocycles. The van der Waals surface area contributed by atoms with E-state index in [1.165, 1.54) is 27.1 Å². The van der Waals surface area contributed by atoms with Gasteiger partial charge in [-0.2, -0.15) is 0 Å². The summed E-state index contributed by atoms with van der Waals surface area (Å²) in [6.07, 6.45) is -2.26. The number of hydrogen-bond acceptors (Lipinski definition) is 10. The lowest BCUT2D eigenvalue weighted by atomic mass is 10.1. The van der Waals surface area contributed by atoms with E-state index in [4.69, 9.17) is 18.9 Å². The van der Waals surface area contributed by atoms with Crippen molar-refractivity contribution >= 4 is 74.3 Å². The maximum Gasteiger partial charge on any atom is 0.303 e. The summed E-state index contributed by atoms with van der Waals surface area (Å²) in [4.78, 5) is 47.6. The number of ether oxygens (including phenoxy) is 4. The van der Waals surface area contributed by atoms with Crippen molar-refractivity contribution in [2.75, 3.05) is 6.61 Å². The smallest absolute Gasteiger partial charge is 0.303 e. The molecular formula is C16H16I2N4O7. The molecule has 2 aromatic rings. The first kappa shape index (κ1) is 22.1. The summed E-state index contributed by atoms with van der Waals surface area (Å²) in [7, 11) is 0. The van der Waals surface area contributed by atoms with Gasteiger partial charge < -0.3 is 18.9 Å². The summed E-state index contributed by atoms with van der Waals surface area (Å²) >= 11 is 4.03. The molecule has 2 aromatic heterocycles. The molecule has 1 aliphatic heterocycles. The third-order valence-corrected chi connectivity index (χ3v) is 5.20. The van der Waals surface area contributed by atoms with Gasteiger partial charge in [0.1, 0.15) is 21.9 Å². The predicted molar refractivity (Wildman–Crippen MR) is 112 cm³/mol. The van der Waals surface area contributed by atoms with E-state index in [9.17, 15) is 14.4 Å². The molecule has 156 valence electrons. The topological polar surface area (TPSA) is 132 Å².